The van der Waals surface area contributed by atoms with Crippen molar-refractivity contribution in [1.29, 1.82) is 0 Å². The van der Waals surface area contributed by atoms with Gasteiger partial charge in [-0.15, -0.1) is 11.8 Å². The summed E-state index contributed by atoms with van der Waals surface area (Å²) < 4.78 is 25.2. The van der Waals surface area contributed by atoms with E-state index in [0.717, 1.165) is 17.7 Å². The third-order valence-electron chi connectivity index (χ3n) is 4.14. The van der Waals surface area contributed by atoms with Crippen LogP contribution in [-0.4, -0.2) is 24.4 Å². The van der Waals surface area contributed by atoms with Crippen LogP contribution in [0, 0.1) is 5.82 Å². The third-order valence-corrected chi connectivity index (χ3v) is 5.30. The summed E-state index contributed by atoms with van der Waals surface area (Å²) in [6.45, 7) is 0.167. The summed E-state index contributed by atoms with van der Waals surface area (Å²) in [7, 11) is 0. The van der Waals surface area contributed by atoms with E-state index >= 15 is 0 Å². The Morgan fingerprint density at radius 1 is 1.17 bits per heavy atom. The van der Waals surface area contributed by atoms with Crippen LogP contribution in [-0.2, 0) is 4.79 Å². The fraction of sp³-hybridized carbons (Fsp3) is 0.278. The van der Waals surface area contributed by atoms with Gasteiger partial charge in [-0.1, -0.05) is 24.3 Å². The van der Waals surface area contributed by atoms with Crippen molar-refractivity contribution in [1.82, 2.24) is 5.32 Å². The van der Waals surface area contributed by atoms with Gasteiger partial charge in [0.2, 0.25) is 6.10 Å². The number of hydrogen-bond acceptors (Lipinski definition) is 4. The molecule has 2 atom stereocenters. The van der Waals surface area contributed by atoms with Gasteiger partial charge in [-0.2, -0.15) is 0 Å². The Balaban J connectivity index is 1.49. The lowest BCUT2D eigenvalue weighted by atomic mass is 10.0. The first-order valence-electron chi connectivity index (χ1n) is 7.82. The van der Waals surface area contributed by atoms with Crippen LogP contribution in [0.4, 0.5) is 4.39 Å². The second kappa shape index (κ2) is 6.36. The van der Waals surface area contributed by atoms with Crippen molar-refractivity contribution in [2.24, 2.45) is 0 Å². The maximum atomic E-state index is 13.9. The summed E-state index contributed by atoms with van der Waals surface area (Å²) in [6.07, 6.45) is 0.0586. The van der Waals surface area contributed by atoms with Gasteiger partial charge in [0.15, 0.2) is 11.5 Å². The van der Waals surface area contributed by atoms with Crippen LogP contribution >= 0.6 is 11.8 Å². The molecule has 0 fully saturated rings. The number of halogens is 1. The Morgan fingerprint density at radius 2 is 2.00 bits per heavy atom. The average Bonchev–Trinajstić information content (AvgIpc) is 2.62. The fourth-order valence-electron chi connectivity index (χ4n) is 2.95. The van der Waals surface area contributed by atoms with Gasteiger partial charge in [0, 0.05) is 10.6 Å². The third kappa shape index (κ3) is 2.82. The van der Waals surface area contributed by atoms with Crippen LogP contribution in [0.5, 0.6) is 11.5 Å². The van der Waals surface area contributed by atoms with Gasteiger partial charge >= 0.3 is 0 Å². The predicted octanol–water partition coefficient (Wildman–Crippen LogP) is 3.32. The highest BCUT2D eigenvalue weighted by molar-refractivity contribution is 7.99. The lowest BCUT2D eigenvalue weighted by Crippen LogP contribution is -2.45. The summed E-state index contributed by atoms with van der Waals surface area (Å²) >= 11 is 1.49. The molecule has 2 aromatic rings. The molecule has 1 amide bonds. The highest BCUT2D eigenvalue weighted by atomic mass is 32.2. The van der Waals surface area contributed by atoms with Gasteiger partial charge in [-0.3, -0.25) is 4.79 Å². The summed E-state index contributed by atoms with van der Waals surface area (Å²) in [5.74, 6) is 1.50. The molecule has 124 valence electrons. The number of fused-ring (bicyclic) bond motifs is 2. The zero-order valence-corrected chi connectivity index (χ0v) is 13.6. The molecule has 0 aromatic heterocycles. The molecule has 2 heterocycles. The zero-order chi connectivity index (χ0) is 16.5. The van der Waals surface area contributed by atoms with Crippen LogP contribution < -0.4 is 14.8 Å². The van der Waals surface area contributed by atoms with Gasteiger partial charge < -0.3 is 14.8 Å². The first-order chi connectivity index (χ1) is 11.7. The smallest absolute Gasteiger partial charge is 0.265 e. The number of benzene rings is 2. The molecule has 0 radical (unpaired) electrons. The Kier molecular flexibility index (Phi) is 4.06. The largest absolute Gasteiger partial charge is 0.485 e. The normalized spacial score (nSPS) is 21.7. The number of hydrogen-bond donors (Lipinski definition) is 1. The lowest BCUT2D eigenvalue weighted by molar-refractivity contribution is -0.131. The van der Waals surface area contributed by atoms with Crippen molar-refractivity contribution < 1.29 is 18.7 Å². The minimum atomic E-state index is -0.702. The number of amides is 1. The van der Waals surface area contributed by atoms with Crippen LogP contribution in [0.25, 0.3) is 0 Å². The number of carbonyl (C=O) groups excluding carboxylic acids is 1. The van der Waals surface area contributed by atoms with E-state index in [1.54, 1.807) is 18.2 Å². The van der Waals surface area contributed by atoms with E-state index < -0.39 is 6.10 Å². The van der Waals surface area contributed by atoms with Crippen molar-refractivity contribution in [2.75, 3.05) is 12.4 Å². The average molecular weight is 345 g/mol. The minimum absolute atomic E-state index is 0.167. The summed E-state index contributed by atoms with van der Waals surface area (Å²) in [5, 5.41) is 2.98. The van der Waals surface area contributed by atoms with E-state index in [1.807, 2.05) is 18.2 Å². The molecule has 0 saturated carbocycles. The van der Waals surface area contributed by atoms with Gasteiger partial charge in [-0.05, 0) is 30.2 Å². The van der Waals surface area contributed by atoms with Crippen molar-refractivity contribution >= 4 is 17.7 Å². The fourth-order valence-corrected chi connectivity index (χ4v) is 4.09. The summed E-state index contributed by atoms with van der Waals surface area (Å²) in [6, 6.07) is 12.1. The molecular weight excluding hydrogens is 329 g/mol. The van der Waals surface area contributed by atoms with Crippen molar-refractivity contribution in [3.63, 3.8) is 0 Å². The number of ether oxygens (including phenoxy) is 2. The Labute approximate surface area is 143 Å². The molecule has 1 N–H and O–H groups in total. The number of rotatable bonds is 2. The standard InChI is InChI=1S/C18H16FNO3S/c19-12-5-3-4-11-13(8-9-24-17(11)12)20-18(21)16-10-22-14-6-1-2-7-15(14)23-16/h1-7,13,16H,8-10H2,(H,20,21)/t13-,16-/m0/s1. The van der Waals surface area contributed by atoms with E-state index in [2.05, 4.69) is 5.32 Å². The first-order valence-corrected chi connectivity index (χ1v) is 8.81. The van der Waals surface area contributed by atoms with Crippen molar-refractivity contribution in [3.05, 3.63) is 53.8 Å². The maximum absolute atomic E-state index is 13.9. The summed E-state index contributed by atoms with van der Waals surface area (Å²) in [4.78, 5) is 13.2. The molecule has 0 saturated heterocycles. The second-order valence-corrected chi connectivity index (χ2v) is 6.83. The number of carbonyl (C=O) groups is 1. The molecule has 0 spiro atoms. The molecule has 24 heavy (non-hydrogen) atoms. The van der Waals surface area contributed by atoms with Crippen LogP contribution in [0.15, 0.2) is 47.4 Å². The lowest BCUT2D eigenvalue weighted by Gasteiger charge is -2.30. The van der Waals surface area contributed by atoms with Gasteiger partial charge in [-0.25, -0.2) is 4.39 Å². The Morgan fingerprint density at radius 3 is 2.88 bits per heavy atom. The quantitative estimate of drug-likeness (QED) is 0.907. The molecule has 6 heteroatoms. The van der Waals surface area contributed by atoms with Crippen molar-refractivity contribution in [3.8, 4) is 11.5 Å². The molecule has 0 unspecified atom stereocenters. The molecule has 0 bridgehead atoms. The SMILES string of the molecule is O=C(N[C@H]1CCSc2c(F)cccc21)[C@@H]1COc2ccccc2O1. The van der Waals surface area contributed by atoms with Crippen LogP contribution in [0.2, 0.25) is 0 Å². The van der Waals surface area contributed by atoms with E-state index in [0.29, 0.717) is 16.4 Å². The van der Waals surface area contributed by atoms with Gasteiger partial charge in [0.05, 0.1) is 6.04 Å². The molecule has 2 aliphatic heterocycles. The number of nitrogens with one attached hydrogen (secondary N) is 1. The van der Waals surface area contributed by atoms with Crippen LogP contribution in [0.3, 0.4) is 0 Å². The van der Waals surface area contributed by atoms with E-state index in [-0.39, 0.29) is 24.4 Å². The van der Waals surface area contributed by atoms with Gasteiger partial charge in [0.25, 0.3) is 5.91 Å². The second-order valence-electron chi connectivity index (χ2n) is 5.72. The molecule has 0 aliphatic carbocycles. The van der Waals surface area contributed by atoms with E-state index in [4.69, 9.17) is 9.47 Å². The number of thioether (sulfide) groups is 1. The van der Waals surface area contributed by atoms with Gasteiger partial charge in [0.1, 0.15) is 12.4 Å². The first kappa shape index (κ1) is 15.3. The molecule has 4 nitrogen and oxygen atoms in total. The maximum Gasteiger partial charge on any atom is 0.265 e. The molecular formula is C18H16FNO3S. The topological polar surface area (TPSA) is 47.6 Å². The number of para-hydroxylation sites is 2. The molecule has 4 rings (SSSR count). The Hall–Kier alpha value is -2.21. The van der Waals surface area contributed by atoms with Crippen LogP contribution in [0.1, 0.15) is 18.0 Å². The molecule has 2 aliphatic rings. The monoisotopic (exact) mass is 345 g/mol. The van der Waals surface area contributed by atoms with E-state index in [9.17, 15) is 9.18 Å². The predicted molar refractivity (Wildman–Crippen MR) is 89.0 cm³/mol. The highest BCUT2D eigenvalue weighted by Crippen LogP contribution is 2.38. The minimum Gasteiger partial charge on any atom is -0.485 e. The zero-order valence-electron chi connectivity index (χ0n) is 12.8. The van der Waals surface area contributed by atoms with Crippen molar-refractivity contribution in [2.45, 2.75) is 23.5 Å². The Bertz CT molecular complexity index is 783. The van der Waals surface area contributed by atoms with E-state index in [1.165, 1.54) is 17.8 Å². The highest BCUT2D eigenvalue weighted by Gasteiger charge is 2.31. The summed E-state index contributed by atoms with van der Waals surface area (Å²) in [5.41, 5.74) is 0.830. The molecule has 2 aromatic carbocycles.